The van der Waals surface area contributed by atoms with Crippen LogP contribution in [0.3, 0.4) is 0 Å². The van der Waals surface area contributed by atoms with E-state index in [-0.39, 0.29) is 0 Å². The third-order valence-electron chi connectivity index (χ3n) is 7.23. The van der Waals surface area contributed by atoms with Crippen LogP contribution in [0.1, 0.15) is 36.8 Å². The monoisotopic (exact) mass is 462 g/mol. The first-order chi connectivity index (χ1) is 15.6. The number of rotatable bonds is 9. The summed E-state index contributed by atoms with van der Waals surface area (Å²) in [7, 11) is 2.00. The van der Waals surface area contributed by atoms with Gasteiger partial charge in [-0.25, -0.2) is 0 Å². The van der Waals surface area contributed by atoms with E-state index in [1.54, 1.807) is 19.5 Å². The zero-order chi connectivity index (χ0) is 22.2. The van der Waals surface area contributed by atoms with Crippen molar-refractivity contribution in [3.63, 3.8) is 0 Å². The van der Waals surface area contributed by atoms with Gasteiger partial charge in [-0.3, -0.25) is 0 Å². The van der Waals surface area contributed by atoms with Gasteiger partial charge in [-0.05, 0) is 62.1 Å². The van der Waals surface area contributed by atoms with E-state index < -0.39 is 12.0 Å². The SMILES string of the molecule is COc1ccc(C([S-])(C[P+](c2ccccc2)(C2CC2)C2CC2)c2ccc(OC)cc2)cc1. The van der Waals surface area contributed by atoms with E-state index in [4.69, 9.17) is 22.1 Å². The molecule has 0 aliphatic heterocycles. The summed E-state index contributed by atoms with van der Waals surface area (Å²) in [5, 5.41) is 1.58. The van der Waals surface area contributed by atoms with Crippen molar-refractivity contribution in [2.24, 2.45) is 0 Å². The van der Waals surface area contributed by atoms with Gasteiger partial charge in [0.15, 0.2) is 0 Å². The molecule has 0 N–H and O–H groups in total. The van der Waals surface area contributed by atoms with Gasteiger partial charge in [0.1, 0.15) is 11.5 Å². The molecule has 0 saturated heterocycles. The van der Waals surface area contributed by atoms with Crippen LogP contribution in [-0.2, 0) is 17.4 Å². The molecular weight excluding hydrogens is 431 g/mol. The lowest BCUT2D eigenvalue weighted by Crippen LogP contribution is -2.36. The zero-order valence-corrected chi connectivity index (χ0v) is 20.6. The van der Waals surface area contributed by atoms with Crippen molar-refractivity contribution in [3.05, 3.63) is 90.0 Å². The summed E-state index contributed by atoms with van der Waals surface area (Å²) in [6.07, 6.45) is 6.48. The van der Waals surface area contributed by atoms with E-state index in [2.05, 4.69) is 78.9 Å². The topological polar surface area (TPSA) is 18.5 Å². The molecule has 0 radical (unpaired) electrons. The van der Waals surface area contributed by atoms with Crippen LogP contribution in [0.4, 0.5) is 0 Å². The molecule has 2 aliphatic carbocycles. The van der Waals surface area contributed by atoms with Gasteiger partial charge in [0.2, 0.25) is 0 Å². The summed E-state index contributed by atoms with van der Waals surface area (Å²) >= 11 is 6.68. The summed E-state index contributed by atoms with van der Waals surface area (Å²) < 4.78 is 10.4. The molecule has 3 aromatic rings. The minimum absolute atomic E-state index is 0.479. The molecule has 0 bridgehead atoms. The average Bonchev–Trinajstić information content (AvgIpc) is 3.76. The van der Waals surface area contributed by atoms with Gasteiger partial charge in [0.05, 0.1) is 44.3 Å². The molecule has 2 saturated carbocycles. The van der Waals surface area contributed by atoms with Crippen molar-refractivity contribution in [1.82, 2.24) is 0 Å². The van der Waals surface area contributed by atoms with Gasteiger partial charge in [0, 0.05) is 0 Å². The van der Waals surface area contributed by atoms with E-state index in [9.17, 15) is 0 Å². The van der Waals surface area contributed by atoms with Gasteiger partial charge in [-0.1, -0.05) is 58.3 Å². The lowest BCUT2D eigenvalue weighted by Gasteiger charge is -2.46. The predicted molar refractivity (Wildman–Crippen MR) is 138 cm³/mol. The lowest BCUT2D eigenvalue weighted by molar-refractivity contribution is 0.414. The first-order valence-corrected chi connectivity index (χ1v) is 14.0. The second-order valence-corrected chi connectivity index (χ2v) is 14.0. The highest BCUT2D eigenvalue weighted by Crippen LogP contribution is 2.79. The molecule has 0 unspecified atom stereocenters. The minimum atomic E-state index is -1.43. The van der Waals surface area contributed by atoms with Gasteiger partial charge < -0.3 is 22.1 Å². The fourth-order valence-electron chi connectivity index (χ4n) is 5.28. The smallest absolute Gasteiger partial charge is 0.118 e. The van der Waals surface area contributed by atoms with E-state index in [1.807, 2.05) is 0 Å². The van der Waals surface area contributed by atoms with Crippen molar-refractivity contribution >= 4 is 25.2 Å². The molecule has 4 heteroatoms. The van der Waals surface area contributed by atoms with Crippen LogP contribution in [0.15, 0.2) is 78.9 Å². The molecule has 0 atom stereocenters. The van der Waals surface area contributed by atoms with Crippen LogP contribution >= 0.6 is 7.26 Å². The Morgan fingerprint density at radius 3 is 1.53 bits per heavy atom. The Kier molecular flexibility index (Phi) is 5.99. The Balaban J connectivity index is 1.65. The average molecular weight is 463 g/mol. The van der Waals surface area contributed by atoms with Gasteiger partial charge in [-0.15, -0.1) is 0 Å². The maximum absolute atomic E-state index is 6.68. The van der Waals surface area contributed by atoms with Crippen LogP contribution in [0.25, 0.3) is 0 Å². The summed E-state index contributed by atoms with van der Waals surface area (Å²) in [6, 6.07) is 28.3. The summed E-state index contributed by atoms with van der Waals surface area (Å²) in [5.41, 5.74) is 4.05. The van der Waals surface area contributed by atoms with E-state index in [0.29, 0.717) is 0 Å². The van der Waals surface area contributed by atoms with Crippen LogP contribution in [0.5, 0.6) is 11.5 Å². The summed E-state index contributed by atoms with van der Waals surface area (Å²) in [6.45, 7) is 0. The second-order valence-electron chi connectivity index (χ2n) is 9.17. The lowest BCUT2D eigenvalue weighted by atomic mass is 9.91. The largest absolute Gasteiger partial charge is 0.773 e. The maximum atomic E-state index is 6.68. The fraction of sp³-hybridized carbons (Fsp3) is 0.357. The number of hydrogen-bond acceptors (Lipinski definition) is 3. The van der Waals surface area contributed by atoms with Gasteiger partial charge in [-0.2, -0.15) is 0 Å². The summed E-state index contributed by atoms with van der Waals surface area (Å²) in [4.78, 5) is 0. The molecule has 0 heterocycles. The van der Waals surface area contributed by atoms with Crippen LogP contribution in [-0.4, -0.2) is 31.7 Å². The van der Waals surface area contributed by atoms with E-state index >= 15 is 0 Å². The standard InChI is InChI=1S/C28H31O2PS/c1-29-23-12-8-21(9-13-23)28(32,22-10-14-24(30-2)15-11-22)20-31(26-16-17-26,27-18-19-27)25-6-4-3-5-7-25/h3-15,26-27H,16-20H2,1-2H3. The molecule has 32 heavy (non-hydrogen) atoms. The predicted octanol–water partition coefficient (Wildman–Crippen LogP) is 6.16. The first kappa shape index (κ1) is 21.9. The van der Waals surface area contributed by atoms with Crippen LogP contribution < -0.4 is 14.8 Å². The van der Waals surface area contributed by atoms with Crippen molar-refractivity contribution < 1.29 is 9.47 Å². The van der Waals surface area contributed by atoms with Crippen LogP contribution in [0, 0.1) is 0 Å². The number of methoxy groups -OCH3 is 2. The maximum Gasteiger partial charge on any atom is 0.118 e. The fourth-order valence-corrected chi connectivity index (χ4v) is 12.3. The van der Waals surface area contributed by atoms with Crippen molar-refractivity contribution in [1.29, 1.82) is 0 Å². The van der Waals surface area contributed by atoms with E-state index in [1.165, 1.54) is 36.8 Å². The van der Waals surface area contributed by atoms with Crippen molar-refractivity contribution in [2.75, 3.05) is 20.4 Å². The number of hydrogen-bond donors (Lipinski definition) is 0. The Bertz CT molecular complexity index is 982. The molecular formula is C28H31O2PS. The Labute approximate surface area is 198 Å². The third kappa shape index (κ3) is 3.95. The molecule has 0 aromatic heterocycles. The second kappa shape index (κ2) is 8.76. The third-order valence-corrected chi connectivity index (χ3v) is 14.0. The normalized spacial score (nSPS) is 16.6. The molecule has 2 nitrogen and oxygen atoms in total. The van der Waals surface area contributed by atoms with E-state index in [0.717, 1.165) is 29.0 Å². The molecule has 2 fully saturated rings. The molecule has 166 valence electrons. The minimum Gasteiger partial charge on any atom is -0.773 e. The van der Waals surface area contributed by atoms with Crippen molar-refractivity contribution in [3.8, 4) is 11.5 Å². The Morgan fingerprint density at radius 1 is 0.719 bits per heavy atom. The number of ether oxygens (including phenoxy) is 2. The first-order valence-electron chi connectivity index (χ1n) is 11.5. The van der Waals surface area contributed by atoms with Gasteiger partial charge in [0.25, 0.3) is 0 Å². The molecule has 0 spiro atoms. The highest BCUT2D eigenvalue weighted by atomic mass is 32.1. The number of benzene rings is 3. The molecule has 2 aliphatic rings. The quantitative estimate of drug-likeness (QED) is 0.280. The van der Waals surface area contributed by atoms with Gasteiger partial charge >= 0.3 is 0 Å². The highest BCUT2D eigenvalue weighted by molar-refractivity contribution is 7.85. The molecule has 0 amide bonds. The van der Waals surface area contributed by atoms with Crippen LogP contribution in [0.2, 0.25) is 0 Å². The summed E-state index contributed by atoms with van der Waals surface area (Å²) in [5.74, 6) is 1.74. The molecule has 3 aromatic carbocycles. The Hall–Kier alpha value is -1.96. The Morgan fingerprint density at radius 2 is 1.16 bits per heavy atom. The molecule has 5 rings (SSSR count). The highest BCUT2D eigenvalue weighted by Gasteiger charge is 2.63. The zero-order valence-electron chi connectivity index (χ0n) is 18.9. The van der Waals surface area contributed by atoms with Crippen molar-refractivity contribution in [2.45, 2.75) is 41.7 Å².